The molecule has 118 valence electrons. The monoisotopic (exact) mass is 358 g/mol. The van der Waals surface area contributed by atoms with Gasteiger partial charge in [0.15, 0.2) is 5.16 Å². The average Bonchev–Trinajstić information content (AvgIpc) is 2.83. The Hall–Kier alpha value is -1.24. The molecule has 1 aromatic carbocycles. The van der Waals surface area contributed by atoms with Crippen molar-refractivity contribution in [2.24, 2.45) is 7.05 Å². The molecule has 1 aromatic heterocycles. The van der Waals surface area contributed by atoms with Crippen LogP contribution in [0, 0.1) is 0 Å². The number of aromatic nitrogens is 3. The second-order valence-corrected chi connectivity index (χ2v) is 7.03. The zero-order valence-corrected chi connectivity index (χ0v) is 14.7. The molecule has 2 atom stereocenters. The maximum absolute atomic E-state index is 12.3. The molecule has 5 nitrogen and oxygen atoms in total. The van der Waals surface area contributed by atoms with Gasteiger partial charge in [-0.05, 0) is 31.5 Å². The van der Waals surface area contributed by atoms with Gasteiger partial charge in [0.2, 0.25) is 5.91 Å². The molecular weight excluding hydrogens is 343 g/mol. The summed E-state index contributed by atoms with van der Waals surface area (Å²) < 4.78 is 1.77. The fourth-order valence-electron chi connectivity index (χ4n) is 1.85. The third kappa shape index (κ3) is 4.15. The number of nitrogens with zero attached hydrogens (tertiary/aromatic N) is 3. The fraction of sp³-hybridized carbons (Fsp3) is 0.357. The molecule has 0 fully saturated rings. The first-order chi connectivity index (χ1) is 10.4. The number of benzene rings is 1. The van der Waals surface area contributed by atoms with Crippen LogP contribution in [0.15, 0.2) is 29.7 Å². The van der Waals surface area contributed by atoms with Gasteiger partial charge in [0.05, 0.1) is 11.3 Å². The summed E-state index contributed by atoms with van der Waals surface area (Å²) in [4.78, 5) is 12.3. The maximum atomic E-state index is 12.3. The molecule has 0 aliphatic carbocycles. The lowest BCUT2D eigenvalue weighted by Crippen LogP contribution is -2.33. The van der Waals surface area contributed by atoms with Gasteiger partial charge in [-0.1, -0.05) is 41.0 Å². The second kappa shape index (κ2) is 7.35. The molecule has 0 radical (unpaired) electrons. The highest BCUT2D eigenvalue weighted by Gasteiger charge is 2.20. The average molecular weight is 359 g/mol. The van der Waals surface area contributed by atoms with Gasteiger partial charge < -0.3 is 9.88 Å². The SMILES string of the molecule is C[C@H](Sc1nncn1C)C(=O)N[C@H](C)c1ccc(Cl)cc1Cl. The highest BCUT2D eigenvalue weighted by atomic mass is 35.5. The Morgan fingerprint density at radius 2 is 2.09 bits per heavy atom. The molecule has 0 saturated heterocycles. The summed E-state index contributed by atoms with van der Waals surface area (Å²) >= 11 is 13.4. The van der Waals surface area contributed by atoms with E-state index in [0.717, 1.165) is 5.56 Å². The first-order valence-electron chi connectivity index (χ1n) is 6.64. The summed E-state index contributed by atoms with van der Waals surface area (Å²) in [5.74, 6) is -0.0912. The van der Waals surface area contributed by atoms with Crippen LogP contribution in [0.1, 0.15) is 25.5 Å². The minimum Gasteiger partial charge on any atom is -0.349 e. The van der Waals surface area contributed by atoms with Crippen LogP contribution < -0.4 is 5.32 Å². The maximum Gasteiger partial charge on any atom is 0.233 e. The third-order valence-corrected chi connectivity index (χ3v) is 4.82. The Morgan fingerprint density at radius 1 is 1.36 bits per heavy atom. The number of thioether (sulfide) groups is 1. The fourth-order valence-corrected chi connectivity index (χ4v) is 3.22. The van der Waals surface area contributed by atoms with Crippen molar-refractivity contribution in [1.82, 2.24) is 20.1 Å². The number of hydrogen-bond donors (Lipinski definition) is 1. The van der Waals surface area contributed by atoms with E-state index in [2.05, 4.69) is 15.5 Å². The molecule has 0 spiro atoms. The number of nitrogens with one attached hydrogen (secondary N) is 1. The van der Waals surface area contributed by atoms with Gasteiger partial charge in [0, 0.05) is 17.1 Å². The van der Waals surface area contributed by atoms with Gasteiger partial charge in [-0.15, -0.1) is 10.2 Å². The van der Waals surface area contributed by atoms with Crippen molar-refractivity contribution >= 4 is 40.9 Å². The highest BCUT2D eigenvalue weighted by molar-refractivity contribution is 8.00. The zero-order valence-electron chi connectivity index (χ0n) is 12.4. The van der Waals surface area contributed by atoms with Gasteiger partial charge in [-0.25, -0.2) is 0 Å². The summed E-state index contributed by atoms with van der Waals surface area (Å²) in [5, 5.41) is 12.2. The molecular formula is C14H16Cl2N4OS. The van der Waals surface area contributed by atoms with Crippen LogP contribution in [-0.2, 0) is 11.8 Å². The van der Waals surface area contributed by atoms with Crippen molar-refractivity contribution < 1.29 is 4.79 Å². The smallest absolute Gasteiger partial charge is 0.233 e. The highest BCUT2D eigenvalue weighted by Crippen LogP contribution is 2.27. The molecule has 22 heavy (non-hydrogen) atoms. The predicted octanol–water partition coefficient (Wildman–Crippen LogP) is 3.48. The molecule has 2 rings (SSSR count). The predicted molar refractivity (Wildman–Crippen MR) is 89.3 cm³/mol. The number of aryl methyl sites for hydroxylation is 1. The van der Waals surface area contributed by atoms with Crippen molar-refractivity contribution in [3.05, 3.63) is 40.1 Å². The Balaban J connectivity index is 2.00. The van der Waals surface area contributed by atoms with E-state index in [0.29, 0.717) is 15.2 Å². The second-order valence-electron chi connectivity index (χ2n) is 4.88. The molecule has 2 aromatic rings. The van der Waals surface area contributed by atoms with Crippen molar-refractivity contribution in [1.29, 1.82) is 0 Å². The molecule has 0 bridgehead atoms. The molecule has 1 N–H and O–H groups in total. The minimum absolute atomic E-state index is 0.0912. The Morgan fingerprint density at radius 3 is 2.68 bits per heavy atom. The standard InChI is InChI=1S/C14H16Cl2N4OS/c1-8(11-5-4-10(15)6-12(11)16)18-13(21)9(2)22-14-19-17-7-20(14)3/h4-9H,1-3H3,(H,18,21)/t8-,9+/m1/s1. The van der Waals surface area contributed by atoms with Gasteiger partial charge in [-0.3, -0.25) is 4.79 Å². The van der Waals surface area contributed by atoms with Crippen LogP contribution in [0.25, 0.3) is 0 Å². The van der Waals surface area contributed by atoms with Crippen LogP contribution in [-0.4, -0.2) is 25.9 Å². The van der Waals surface area contributed by atoms with E-state index in [1.807, 2.05) is 27.0 Å². The quantitative estimate of drug-likeness (QED) is 0.831. The van der Waals surface area contributed by atoms with E-state index in [-0.39, 0.29) is 17.2 Å². The molecule has 8 heteroatoms. The zero-order chi connectivity index (χ0) is 16.3. The van der Waals surface area contributed by atoms with E-state index in [4.69, 9.17) is 23.2 Å². The lowest BCUT2D eigenvalue weighted by molar-refractivity contribution is -0.120. The summed E-state index contributed by atoms with van der Waals surface area (Å²) in [7, 11) is 1.84. The van der Waals surface area contributed by atoms with Crippen molar-refractivity contribution in [3.8, 4) is 0 Å². The van der Waals surface area contributed by atoms with Gasteiger partial charge in [-0.2, -0.15) is 0 Å². The number of halogens is 2. The van der Waals surface area contributed by atoms with E-state index >= 15 is 0 Å². The Kier molecular flexibility index (Phi) is 5.72. The number of carbonyl (C=O) groups is 1. The molecule has 1 heterocycles. The normalized spacial score (nSPS) is 13.7. The number of hydrogen-bond acceptors (Lipinski definition) is 4. The molecule has 0 aliphatic rings. The molecule has 1 amide bonds. The van der Waals surface area contributed by atoms with Crippen LogP contribution >= 0.6 is 35.0 Å². The van der Waals surface area contributed by atoms with Crippen LogP contribution in [0.5, 0.6) is 0 Å². The van der Waals surface area contributed by atoms with E-state index in [1.54, 1.807) is 23.0 Å². The number of rotatable bonds is 5. The molecule has 0 unspecified atom stereocenters. The van der Waals surface area contributed by atoms with Crippen molar-refractivity contribution in [2.75, 3.05) is 0 Å². The van der Waals surface area contributed by atoms with E-state index in [1.165, 1.54) is 11.8 Å². The lowest BCUT2D eigenvalue weighted by atomic mass is 10.1. The molecule has 0 aliphatic heterocycles. The lowest BCUT2D eigenvalue weighted by Gasteiger charge is -2.18. The largest absolute Gasteiger partial charge is 0.349 e. The van der Waals surface area contributed by atoms with Gasteiger partial charge in [0.25, 0.3) is 0 Å². The third-order valence-electron chi connectivity index (χ3n) is 3.11. The van der Waals surface area contributed by atoms with Crippen LogP contribution in [0.4, 0.5) is 0 Å². The Labute approximate surface area is 143 Å². The van der Waals surface area contributed by atoms with E-state index in [9.17, 15) is 4.79 Å². The summed E-state index contributed by atoms with van der Waals surface area (Å²) in [5.41, 5.74) is 0.829. The molecule has 0 saturated carbocycles. The first kappa shape index (κ1) is 17.1. The van der Waals surface area contributed by atoms with Crippen LogP contribution in [0.2, 0.25) is 10.0 Å². The van der Waals surface area contributed by atoms with Crippen molar-refractivity contribution in [2.45, 2.75) is 30.3 Å². The summed E-state index contributed by atoms with van der Waals surface area (Å²) in [6.45, 7) is 3.71. The number of carbonyl (C=O) groups excluding carboxylic acids is 1. The summed E-state index contributed by atoms with van der Waals surface area (Å²) in [6, 6.07) is 5.03. The summed E-state index contributed by atoms with van der Waals surface area (Å²) in [6.07, 6.45) is 1.60. The first-order valence-corrected chi connectivity index (χ1v) is 8.28. The minimum atomic E-state index is -0.295. The van der Waals surface area contributed by atoms with Gasteiger partial charge >= 0.3 is 0 Å². The van der Waals surface area contributed by atoms with Crippen molar-refractivity contribution in [3.63, 3.8) is 0 Å². The van der Waals surface area contributed by atoms with Crippen LogP contribution in [0.3, 0.4) is 0 Å². The Bertz CT molecular complexity index is 677. The number of amides is 1. The van der Waals surface area contributed by atoms with Gasteiger partial charge in [0.1, 0.15) is 6.33 Å². The topological polar surface area (TPSA) is 59.8 Å². The van der Waals surface area contributed by atoms with E-state index < -0.39 is 0 Å².